The van der Waals surface area contributed by atoms with Gasteiger partial charge >= 0.3 is 0 Å². The van der Waals surface area contributed by atoms with Gasteiger partial charge in [-0.15, -0.1) is 11.8 Å². The Morgan fingerprint density at radius 2 is 1.96 bits per heavy atom. The number of rotatable bonds is 7. The first-order valence-electron chi connectivity index (χ1n) is 8.47. The zero-order chi connectivity index (χ0) is 17.5. The molecule has 0 bridgehead atoms. The van der Waals surface area contributed by atoms with Gasteiger partial charge in [-0.2, -0.15) is 11.8 Å². The van der Waals surface area contributed by atoms with Crippen LogP contribution in [0.15, 0.2) is 52.0 Å². The van der Waals surface area contributed by atoms with E-state index in [1.54, 1.807) is 18.4 Å². The molecule has 0 radical (unpaired) electrons. The highest BCUT2D eigenvalue weighted by atomic mass is 32.2. The molecule has 2 heterocycles. The van der Waals surface area contributed by atoms with Crippen LogP contribution in [0.3, 0.4) is 0 Å². The molecular weight excluding hydrogens is 357 g/mol. The van der Waals surface area contributed by atoms with Crippen molar-refractivity contribution in [2.24, 2.45) is 5.92 Å². The molecule has 0 unspecified atom stereocenters. The number of carbonyl (C=O) groups excluding carboxylic acids is 1. The lowest BCUT2D eigenvalue weighted by Crippen LogP contribution is -2.39. The number of thioether (sulfide) groups is 2. The molecule has 0 aliphatic carbocycles. The second kappa shape index (κ2) is 9.34. The van der Waals surface area contributed by atoms with E-state index in [9.17, 15) is 9.18 Å². The van der Waals surface area contributed by atoms with Gasteiger partial charge in [0.1, 0.15) is 11.6 Å². The van der Waals surface area contributed by atoms with Crippen LogP contribution in [-0.2, 0) is 10.5 Å². The van der Waals surface area contributed by atoms with E-state index >= 15 is 0 Å². The minimum atomic E-state index is -0.248. The molecule has 1 aliphatic heterocycles. The Morgan fingerprint density at radius 1 is 1.20 bits per heavy atom. The highest BCUT2D eigenvalue weighted by Gasteiger charge is 2.22. The molecule has 25 heavy (non-hydrogen) atoms. The van der Waals surface area contributed by atoms with Crippen LogP contribution < -0.4 is 0 Å². The highest BCUT2D eigenvalue weighted by molar-refractivity contribution is 8.00. The Kier molecular flexibility index (Phi) is 6.87. The van der Waals surface area contributed by atoms with E-state index in [1.807, 2.05) is 28.8 Å². The first-order valence-corrected chi connectivity index (χ1v) is 10.6. The SMILES string of the molecule is O=C(CSc1ccc(F)cc1)N1CCC(CSCc2ccco2)CC1. The van der Waals surface area contributed by atoms with Crippen molar-refractivity contribution in [2.75, 3.05) is 24.6 Å². The number of hydrogen-bond donors (Lipinski definition) is 0. The summed E-state index contributed by atoms with van der Waals surface area (Å²) in [5.41, 5.74) is 0. The average Bonchev–Trinajstić information content (AvgIpc) is 3.15. The van der Waals surface area contributed by atoms with E-state index in [4.69, 9.17) is 4.42 Å². The van der Waals surface area contributed by atoms with Crippen LogP contribution >= 0.6 is 23.5 Å². The molecule has 1 saturated heterocycles. The van der Waals surface area contributed by atoms with E-state index in [1.165, 1.54) is 23.9 Å². The minimum Gasteiger partial charge on any atom is -0.468 e. The van der Waals surface area contributed by atoms with E-state index in [0.717, 1.165) is 48.1 Å². The largest absolute Gasteiger partial charge is 0.468 e. The Morgan fingerprint density at radius 3 is 2.64 bits per heavy atom. The molecule has 2 aromatic rings. The van der Waals surface area contributed by atoms with Crippen molar-refractivity contribution in [1.29, 1.82) is 0 Å². The maximum Gasteiger partial charge on any atom is 0.232 e. The fourth-order valence-corrected chi connectivity index (χ4v) is 4.79. The standard InChI is InChI=1S/C19H22FNO2S2/c20-16-3-5-18(6-4-16)25-14-19(22)21-9-7-15(8-10-21)12-24-13-17-2-1-11-23-17/h1-6,11,15H,7-10,12-14H2. The summed E-state index contributed by atoms with van der Waals surface area (Å²) in [6.07, 6.45) is 3.85. The summed E-state index contributed by atoms with van der Waals surface area (Å²) >= 11 is 3.38. The summed E-state index contributed by atoms with van der Waals surface area (Å²) in [7, 11) is 0. The normalized spacial score (nSPS) is 15.5. The van der Waals surface area contributed by atoms with Crippen LogP contribution in [0.5, 0.6) is 0 Å². The zero-order valence-corrected chi connectivity index (χ0v) is 15.7. The van der Waals surface area contributed by atoms with Gasteiger partial charge in [0, 0.05) is 18.0 Å². The van der Waals surface area contributed by atoms with Crippen LogP contribution in [0.4, 0.5) is 4.39 Å². The number of carbonyl (C=O) groups is 1. The van der Waals surface area contributed by atoms with Crippen molar-refractivity contribution in [1.82, 2.24) is 4.90 Å². The summed E-state index contributed by atoms with van der Waals surface area (Å²) in [5, 5.41) is 0. The Hall–Kier alpha value is -1.40. The number of nitrogens with zero attached hydrogens (tertiary/aromatic N) is 1. The van der Waals surface area contributed by atoms with Gasteiger partial charge in [-0.1, -0.05) is 0 Å². The summed E-state index contributed by atoms with van der Waals surface area (Å²) in [5.74, 6) is 4.08. The fourth-order valence-electron chi connectivity index (χ4n) is 2.84. The number of furan rings is 1. The molecule has 134 valence electrons. The molecule has 6 heteroatoms. The minimum absolute atomic E-state index is 0.177. The van der Waals surface area contributed by atoms with Crippen molar-refractivity contribution >= 4 is 29.4 Å². The van der Waals surface area contributed by atoms with Crippen molar-refractivity contribution in [3.8, 4) is 0 Å². The molecule has 0 spiro atoms. The predicted molar refractivity (Wildman–Crippen MR) is 101 cm³/mol. The topological polar surface area (TPSA) is 33.5 Å². The first-order chi connectivity index (χ1) is 12.2. The molecule has 3 rings (SSSR count). The van der Waals surface area contributed by atoms with Crippen molar-refractivity contribution < 1.29 is 13.6 Å². The number of hydrogen-bond acceptors (Lipinski definition) is 4. The molecule has 0 saturated carbocycles. The Labute approximate surface area is 156 Å². The maximum atomic E-state index is 12.9. The first kappa shape index (κ1) is 18.4. The Balaban J connectivity index is 1.33. The van der Waals surface area contributed by atoms with Gasteiger partial charge in [-0.3, -0.25) is 4.79 Å². The third kappa shape index (κ3) is 5.82. The molecule has 1 fully saturated rings. The number of likely N-dealkylation sites (tertiary alicyclic amines) is 1. The van der Waals surface area contributed by atoms with E-state index in [2.05, 4.69) is 0 Å². The summed E-state index contributed by atoms with van der Waals surface area (Å²) in [6, 6.07) is 10.2. The lowest BCUT2D eigenvalue weighted by atomic mass is 9.99. The molecule has 1 aliphatic rings. The number of amides is 1. The zero-order valence-electron chi connectivity index (χ0n) is 14.0. The predicted octanol–water partition coefficient (Wildman–Crippen LogP) is 4.68. The van der Waals surface area contributed by atoms with Gasteiger partial charge in [-0.25, -0.2) is 4.39 Å². The molecule has 1 amide bonds. The third-order valence-electron chi connectivity index (χ3n) is 4.32. The monoisotopic (exact) mass is 379 g/mol. The van der Waals surface area contributed by atoms with Crippen LogP contribution in [0, 0.1) is 11.7 Å². The van der Waals surface area contributed by atoms with Gasteiger partial charge < -0.3 is 9.32 Å². The fraction of sp³-hybridized carbons (Fsp3) is 0.421. The molecule has 1 aromatic carbocycles. The van der Waals surface area contributed by atoms with Gasteiger partial charge in [-0.05, 0) is 60.9 Å². The molecule has 1 aromatic heterocycles. The van der Waals surface area contributed by atoms with Gasteiger partial charge in [0.25, 0.3) is 0 Å². The van der Waals surface area contributed by atoms with Crippen LogP contribution in [0.25, 0.3) is 0 Å². The summed E-state index contributed by atoms with van der Waals surface area (Å²) < 4.78 is 18.2. The number of piperidine rings is 1. The molecule has 0 atom stereocenters. The summed E-state index contributed by atoms with van der Waals surface area (Å²) in [4.78, 5) is 15.2. The van der Waals surface area contributed by atoms with Crippen molar-refractivity contribution in [2.45, 2.75) is 23.5 Å². The number of halogens is 1. The second-order valence-corrected chi connectivity index (χ2v) is 8.24. The van der Waals surface area contributed by atoms with Crippen molar-refractivity contribution in [3.05, 3.63) is 54.2 Å². The second-order valence-electron chi connectivity index (χ2n) is 6.16. The average molecular weight is 380 g/mol. The smallest absolute Gasteiger partial charge is 0.232 e. The van der Waals surface area contributed by atoms with E-state index < -0.39 is 0 Å². The van der Waals surface area contributed by atoms with Crippen LogP contribution in [-0.4, -0.2) is 35.4 Å². The van der Waals surface area contributed by atoms with Gasteiger partial charge in [0.15, 0.2) is 0 Å². The van der Waals surface area contributed by atoms with Gasteiger partial charge in [0.2, 0.25) is 5.91 Å². The van der Waals surface area contributed by atoms with Crippen molar-refractivity contribution in [3.63, 3.8) is 0 Å². The molecule has 3 nitrogen and oxygen atoms in total. The maximum absolute atomic E-state index is 12.9. The van der Waals surface area contributed by atoms with E-state index in [-0.39, 0.29) is 11.7 Å². The summed E-state index contributed by atoms with van der Waals surface area (Å²) in [6.45, 7) is 1.68. The third-order valence-corrected chi connectivity index (χ3v) is 6.51. The van der Waals surface area contributed by atoms with Crippen LogP contribution in [0.1, 0.15) is 18.6 Å². The highest BCUT2D eigenvalue weighted by Crippen LogP contribution is 2.25. The van der Waals surface area contributed by atoms with E-state index in [0.29, 0.717) is 11.7 Å². The quantitative estimate of drug-likeness (QED) is 0.654. The molecule has 0 N–H and O–H groups in total. The Bertz CT molecular complexity index is 653. The lowest BCUT2D eigenvalue weighted by molar-refractivity contribution is -0.129. The number of benzene rings is 1. The molecular formula is C19H22FNO2S2. The van der Waals surface area contributed by atoms with Crippen LogP contribution in [0.2, 0.25) is 0 Å². The lowest BCUT2D eigenvalue weighted by Gasteiger charge is -2.31. The van der Waals surface area contributed by atoms with Gasteiger partial charge in [0.05, 0.1) is 17.8 Å².